The predicted molar refractivity (Wildman–Crippen MR) is 57.9 cm³/mol. The van der Waals surface area contributed by atoms with Crippen LogP contribution in [0.4, 0.5) is 0 Å². The van der Waals surface area contributed by atoms with E-state index < -0.39 is 0 Å². The number of Topliss-reactive ketones (excluding diaryl/α,β-unsaturated/α-hetero) is 1. The summed E-state index contributed by atoms with van der Waals surface area (Å²) in [7, 11) is 0. The van der Waals surface area contributed by atoms with E-state index in [1.165, 1.54) is 24.3 Å². The van der Waals surface area contributed by atoms with Crippen LogP contribution in [0.2, 0.25) is 0 Å². The van der Waals surface area contributed by atoms with Gasteiger partial charge < -0.3 is 0 Å². The summed E-state index contributed by atoms with van der Waals surface area (Å²) in [5, 5.41) is 3.06. The van der Waals surface area contributed by atoms with Crippen molar-refractivity contribution in [2.45, 2.75) is 39.0 Å². The Hall–Kier alpha value is -0.700. The Morgan fingerprint density at radius 2 is 2.36 bits per heavy atom. The molecular formula is C11H15NOS. The van der Waals surface area contributed by atoms with Gasteiger partial charge in [-0.2, -0.15) is 0 Å². The molecule has 0 amide bonds. The molecule has 1 aromatic rings. The minimum Gasteiger partial charge on any atom is -0.293 e. The van der Waals surface area contributed by atoms with Crippen molar-refractivity contribution in [3.63, 3.8) is 0 Å². The number of aromatic nitrogens is 1. The zero-order valence-corrected chi connectivity index (χ0v) is 9.43. The Kier molecular flexibility index (Phi) is 2.68. The Labute approximate surface area is 88.4 Å². The van der Waals surface area contributed by atoms with E-state index in [1.807, 2.05) is 5.38 Å². The van der Waals surface area contributed by atoms with Gasteiger partial charge in [-0.3, -0.25) is 4.79 Å². The smallest absolute Gasteiger partial charge is 0.178 e. The van der Waals surface area contributed by atoms with E-state index in [2.05, 4.69) is 11.9 Å². The lowest BCUT2D eigenvalue weighted by molar-refractivity contribution is 0.101. The first-order valence-electron chi connectivity index (χ1n) is 5.15. The second-order valence-corrected chi connectivity index (χ2v) is 5.03. The van der Waals surface area contributed by atoms with Crippen LogP contribution in [0.3, 0.4) is 0 Å². The molecule has 76 valence electrons. The maximum atomic E-state index is 11.1. The molecular weight excluding hydrogens is 194 g/mol. The molecule has 0 bridgehead atoms. The number of carbonyl (C=O) groups excluding carboxylic acids is 1. The molecule has 0 radical (unpaired) electrons. The first-order valence-corrected chi connectivity index (χ1v) is 6.03. The van der Waals surface area contributed by atoms with Crippen LogP contribution >= 0.6 is 11.3 Å². The molecule has 3 heteroatoms. The average Bonchev–Trinajstić information content (AvgIpc) is 2.71. The summed E-state index contributed by atoms with van der Waals surface area (Å²) in [6, 6.07) is 0. The molecule has 1 aliphatic carbocycles. The molecule has 1 fully saturated rings. The average molecular weight is 209 g/mol. The second kappa shape index (κ2) is 3.81. The van der Waals surface area contributed by atoms with Crippen LogP contribution in [0.5, 0.6) is 0 Å². The number of carbonyl (C=O) groups is 1. The normalized spacial score (nSPS) is 26.7. The molecule has 0 aromatic carbocycles. The van der Waals surface area contributed by atoms with Crippen molar-refractivity contribution >= 4 is 17.1 Å². The van der Waals surface area contributed by atoms with Crippen molar-refractivity contribution in [2.75, 3.05) is 0 Å². The fourth-order valence-electron chi connectivity index (χ4n) is 2.13. The molecule has 0 N–H and O–H groups in total. The molecule has 1 heterocycles. The molecule has 2 nitrogen and oxygen atoms in total. The van der Waals surface area contributed by atoms with E-state index in [9.17, 15) is 4.79 Å². The van der Waals surface area contributed by atoms with Crippen LogP contribution in [0, 0.1) is 5.92 Å². The van der Waals surface area contributed by atoms with Crippen LogP contribution in [-0.2, 0) is 0 Å². The van der Waals surface area contributed by atoms with E-state index in [0.29, 0.717) is 11.6 Å². The van der Waals surface area contributed by atoms with E-state index in [1.54, 1.807) is 18.3 Å². The van der Waals surface area contributed by atoms with Crippen molar-refractivity contribution < 1.29 is 4.79 Å². The zero-order valence-electron chi connectivity index (χ0n) is 8.62. The third-order valence-electron chi connectivity index (χ3n) is 3.06. The Balaban J connectivity index is 2.20. The zero-order chi connectivity index (χ0) is 10.1. The van der Waals surface area contributed by atoms with Gasteiger partial charge in [0.2, 0.25) is 0 Å². The van der Waals surface area contributed by atoms with Gasteiger partial charge >= 0.3 is 0 Å². The number of nitrogens with zero attached hydrogens (tertiary/aromatic N) is 1. The first kappa shape index (κ1) is 9.84. The van der Waals surface area contributed by atoms with Gasteiger partial charge in [0.15, 0.2) is 5.78 Å². The van der Waals surface area contributed by atoms with E-state index in [-0.39, 0.29) is 5.78 Å². The Morgan fingerprint density at radius 3 is 2.86 bits per heavy atom. The van der Waals surface area contributed by atoms with Crippen LogP contribution < -0.4 is 0 Å². The SMILES string of the molecule is CC(=O)c1csc(C2CCCC2C)n1. The van der Waals surface area contributed by atoms with E-state index in [0.717, 1.165) is 5.92 Å². The maximum Gasteiger partial charge on any atom is 0.178 e. The summed E-state index contributed by atoms with van der Waals surface area (Å²) < 4.78 is 0. The highest BCUT2D eigenvalue weighted by atomic mass is 32.1. The monoisotopic (exact) mass is 209 g/mol. The fraction of sp³-hybridized carbons (Fsp3) is 0.636. The Morgan fingerprint density at radius 1 is 1.57 bits per heavy atom. The molecule has 0 spiro atoms. The molecule has 1 saturated carbocycles. The Bertz CT molecular complexity index is 345. The molecule has 2 unspecified atom stereocenters. The number of rotatable bonds is 2. The fourth-order valence-corrected chi connectivity index (χ4v) is 3.26. The topological polar surface area (TPSA) is 30.0 Å². The largest absolute Gasteiger partial charge is 0.293 e. The number of ketones is 1. The molecule has 2 atom stereocenters. The van der Waals surface area contributed by atoms with Gasteiger partial charge in [0.1, 0.15) is 5.69 Å². The van der Waals surface area contributed by atoms with Gasteiger partial charge in [0, 0.05) is 18.2 Å². The summed E-state index contributed by atoms with van der Waals surface area (Å²) in [6.45, 7) is 3.86. The second-order valence-electron chi connectivity index (χ2n) is 4.14. The standard InChI is InChI=1S/C11H15NOS/c1-7-4-3-5-9(7)11-12-10(6-14-11)8(2)13/h6-7,9H,3-5H2,1-2H3. The highest BCUT2D eigenvalue weighted by Crippen LogP contribution is 2.40. The summed E-state index contributed by atoms with van der Waals surface area (Å²) >= 11 is 1.65. The van der Waals surface area contributed by atoms with Crippen LogP contribution in [0.1, 0.15) is 54.5 Å². The first-order chi connectivity index (χ1) is 6.68. The van der Waals surface area contributed by atoms with Crippen molar-refractivity contribution in [1.29, 1.82) is 0 Å². The third-order valence-corrected chi connectivity index (χ3v) is 4.04. The lowest BCUT2D eigenvalue weighted by Gasteiger charge is -2.10. The van der Waals surface area contributed by atoms with Gasteiger partial charge in [0.05, 0.1) is 5.01 Å². The number of hydrogen-bond donors (Lipinski definition) is 0. The van der Waals surface area contributed by atoms with E-state index >= 15 is 0 Å². The van der Waals surface area contributed by atoms with Crippen LogP contribution in [0.25, 0.3) is 0 Å². The summed E-state index contributed by atoms with van der Waals surface area (Å²) in [4.78, 5) is 15.5. The summed E-state index contributed by atoms with van der Waals surface area (Å²) in [6.07, 6.45) is 3.85. The van der Waals surface area contributed by atoms with Gasteiger partial charge in [-0.05, 0) is 12.3 Å². The predicted octanol–water partition coefficient (Wildman–Crippen LogP) is 3.25. The molecule has 0 saturated heterocycles. The highest BCUT2D eigenvalue weighted by molar-refractivity contribution is 7.09. The van der Waals surface area contributed by atoms with Crippen molar-refractivity contribution in [2.24, 2.45) is 5.92 Å². The number of hydrogen-bond acceptors (Lipinski definition) is 3. The number of thiazole rings is 1. The molecule has 1 aliphatic rings. The van der Waals surface area contributed by atoms with Crippen molar-refractivity contribution in [1.82, 2.24) is 4.98 Å². The van der Waals surface area contributed by atoms with Crippen LogP contribution in [0.15, 0.2) is 5.38 Å². The lowest BCUT2D eigenvalue weighted by Crippen LogP contribution is -2.02. The third kappa shape index (κ3) is 1.73. The minimum atomic E-state index is 0.0816. The van der Waals surface area contributed by atoms with E-state index in [4.69, 9.17) is 0 Å². The molecule has 1 aromatic heterocycles. The maximum absolute atomic E-state index is 11.1. The minimum absolute atomic E-state index is 0.0816. The van der Waals surface area contributed by atoms with Crippen molar-refractivity contribution in [3.8, 4) is 0 Å². The van der Waals surface area contributed by atoms with Crippen LogP contribution in [-0.4, -0.2) is 10.8 Å². The van der Waals surface area contributed by atoms with Gasteiger partial charge in [-0.1, -0.05) is 19.8 Å². The lowest BCUT2D eigenvalue weighted by atomic mass is 9.99. The van der Waals surface area contributed by atoms with Gasteiger partial charge in [0.25, 0.3) is 0 Å². The molecule has 14 heavy (non-hydrogen) atoms. The molecule has 0 aliphatic heterocycles. The van der Waals surface area contributed by atoms with Gasteiger partial charge in [-0.25, -0.2) is 4.98 Å². The highest BCUT2D eigenvalue weighted by Gasteiger charge is 2.27. The summed E-state index contributed by atoms with van der Waals surface area (Å²) in [5.74, 6) is 1.42. The quantitative estimate of drug-likeness (QED) is 0.700. The van der Waals surface area contributed by atoms with Crippen molar-refractivity contribution in [3.05, 3.63) is 16.1 Å². The molecule has 2 rings (SSSR count). The van der Waals surface area contributed by atoms with Gasteiger partial charge in [-0.15, -0.1) is 11.3 Å². The summed E-state index contributed by atoms with van der Waals surface area (Å²) in [5.41, 5.74) is 0.643.